The Morgan fingerprint density at radius 2 is 2.04 bits per heavy atom. The van der Waals surface area contributed by atoms with Gasteiger partial charge in [-0.15, -0.1) is 18.7 Å². The number of aryl methyl sites for hydroxylation is 1. The maximum Gasteiger partial charge on any atom is 0.275 e. The molecule has 1 radical (unpaired) electrons. The molecule has 1 amide bonds. The quantitative estimate of drug-likeness (QED) is 0.190. The molecule has 0 bridgehead atoms. The summed E-state index contributed by atoms with van der Waals surface area (Å²) in [4.78, 5) is 11.4. The van der Waals surface area contributed by atoms with E-state index in [-0.39, 0.29) is 0 Å². The summed E-state index contributed by atoms with van der Waals surface area (Å²) in [6.07, 6.45) is -3.19. The Balaban J connectivity index is 0.00000288. The second-order valence-electron chi connectivity index (χ2n) is 5.38. The molecule has 9 heteroatoms. The average molecular weight is 604 g/mol. The van der Waals surface area contributed by atoms with E-state index in [2.05, 4.69) is 17.9 Å². The predicted octanol–water partition coefficient (Wildman–Crippen LogP) is 0.119. The zero-order valence-electron chi connectivity index (χ0n) is 13.0. The van der Waals surface area contributed by atoms with Crippen molar-refractivity contribution in [1.29, 1.82) is 0 Å². The van der Waals surface area contributed by atoms with Crippen LogP contribution in [-0.4, -0.2) is 51.2 Å². The second-order valence-corrected chi connectivity index (χ2v) is 6.01. The number of benzene rings is 1. The molecule has 0 spiro atoms. The van der Waals surface area contributed by atoms with Crippen LogP contribution in [0.5, 0.6) is 5.75 Å². The van der Waals surface area contributed by atoms with E-state index in [9.17, 15) is 20.1 Å². The molecule has 1 fully saturated rings. The molecule has 0 saturated carbocycles. The molecule has 0 unspecified atom stereocenters. The third kappa shape index (κ3) is 3.95. The molecule has 2 rings (SSSR count). The number of amides is 1. The molecule has 4 N–H and O–H groups in total. The van der Waals surface area contributed by atoms with Crippen molar-refractivity contribution in [2.24, 2.45) is 0 Å². The zero-order valence-corrected chi connectivity index (χ0v) is 16.1. The largest absolute Gasteiger partial charge is 0.558 e. The van der Waals surface area contributed by atoms with Gasteiger partial charge in [0.05, 0.1) is 0 Å². The summed E-state index contributed by atoms with van der Waals surface area (Å²) in [7, 11) is 0. The molecule has 0 aromatic heterocycles. The molecule has 1 saturated heterocycles. The Hall–Kier alpha value is -2.32. The fourth-order valence-corrected chi connectivity index (χ4v) is 2.72. The fraction of sp³-hybridized carbons (Fsp3) is 0.467. The van der Waals surface area contributed by atoms with Crippen molar-refractivity contribution in [3.05, 3.63) is 35.9 Å². The summed E-state index contributed by atoms with van der Waals surface area (Å²) < 4.78 is 11.2. The first-order valence-corrected chi connectivity index (χ1v) is 7.49. The van der Waals surface area contributed by atoms with Gasteiger partial charge in [-0.1, -0.05) is 17.7 Å². The van der Waals surface area contributed by atoms with E-state index >= 15 is 0 Å². The van der Waals surface area contributed by atoms with Gasteiger partial charge in [0.25, 0.3) is 5.12 Å². The maximum absolute atomic E-state index is 11.4. The number of hydrogen-bond acceptors (Lipinski definition) is 7. The number of carbonyl (C=O) groups excluding carboxylic acids is 1. The summed E-state index contributed by atoms with van der Waals surface area (Å²) in [6, 6.07) is 5.81. The molecule has 24 heavy (non-hydrogen) atoms. The van der Waals surface area contributed by atoms with Gasteiger partial charge in [0.1, 0.15) is 11.8 Å². The number of carbonyl (C=O) groups is 1. The number of thiol groups is 1. The molecule has 1 aliphatic rings. The van der Waals surface area contributed by atoms with Gasteiger partial charge in [0.2, 0.25) is 5.91 Å². The molecule has 7 nitrogen and oxygen atoms in total. The first-order chi connectivity index (χ1) is 10.8. The number of aliphatic hydroxyl groups is 3. The summed E-state index contributed by atoms with van der Waals surface area (Å²) in [6.45, 7) is 2.59. The average Bonchev–Trinajstić information content (AvgIpc) is 2.50. The second kappa shape index (κ2) is 7.50. The van der Waals surface area contributed by atoms with Crippen LogP contribution in [0.2, 0.25) is 0 Å². The topological polar surface area (TPSA) is 108 Å². The third-order valence-corrected chi connectivity index (χ3v) is 3.94. The van der Waals surface area contributed by atoms with Crippen LogP contribution in [0.3, 0.4) is 0 Å². The Morgan fingerprint density at radius 3 is 2.54 bits per heavy atom. The van der Waals surface area contributed by atoms with Crippen molar-refractivity contribution in [2.45, 2.75) is 37.2 Å². The van der Waals surface area contributed by atoms with Gasteiger partial charge in [0, 0.05) is 13.5 Å². The molecule has 1 aromatic rings. The summed E-state index contributed by atoms with van der Waals surface area (Å²) >= 11 is 4.32. The number of ether oxygens (including phenoxy) is 2. The molecule has 1 heterocycles. The van der Waals surface area contributed by atoms with Crippen LogP contribution in [0.1, 0.15) is 12.5 Å². The van der Waals surface area contributed by atoms with E-state index in [1.165, 1.54) is 6.92 Å². The van der Waals surface area contributed by atoms with Crippen molar-refractivity contribution in [2.75, 3.05) is 6.61 Å². The predicted molar refractivity (Wildman–Crippen MR) is 84.3 cm³/mol. The molecule has 4 atom stereocenters. The van der Waals surface area contributed by atoms with Gasteiger partial charge in [-0.2, -0.15) is 0 Å². The molecular formula is C15H20LrNO6S-. The Bertz CT molecular complexity index is 559. The van der Waals surface area contributed by atoms with E-state index in [0.29, 0.717) is 5.75 Å². The summed E-state index contributed by atoms with van der Waals surface area (Å²) in [5.41, 5.74) is 1.02. The minimum absolute atomic E-state index is 0. The fourth-order valence-electron chi connectivity index (χ4n) is 2.28. The van der Waals surface area contributed by atoms with Gasteiger partial charge in [0.15, 0.2) is 0 Å². The number of aliphatic hydroxyl groups excluding tert-OH is 3. The maximum atomic E-state index is 11.4. The molecular weight excluding hydrogens is 584 g/mol. The van der Waals surface area contributed by atoms with Crippen molar-refractivity contribution >= 4 is 18.5 Å². The Kier molecular flexibility index (Phi) is 6.16. The van der Waals surface area contributed by atoms with E-state index in [4.69, 9.17) is 9.47 Å². The van der Waals surface area contributed by atoms with Gasteiger partial charge in [-0.05, 0) is 31.3 Å². The minimum atomic E-state index is -1.78. The van der Waals surface area contributed by atoms with Crippen LogP contribution in [0, 0.1) is 13.0 Å². The number of hydrogen-bond donors (Lipinski definition) is 5. The van der Waals surface area contributed by atoms with Crippen molar-refractivity contribution < 1.29 is 29.6 Å². The van der Waals surface area contributed by atoms with Crippen LogP contribution in [0.4, 0.5) is 0 Å². The normalized spacial score (nSPS) is 30.3. The van der Waals surface area contributed by atoms with Crippen LogP contribution in [0.15, 0.2) is 24.3 Å². The van der Waals surface area contributed by atoms with Gasteiger partial charge in [-0.3, -0.25) is 4.79 Å². The molecule has 1 aromatic carbocycles. The Morgan fingerprint density at radius 1 is 1.46 bits per heavy atom. The number of nitrogens with one attached hydrogen (secondary N) is 1. The van der Waals surface area contributed by atoms with Crippen molar-refractivity contribution in [3.63, 3.8) is 0 Å². The van der Waals surface area contributed by atoms with Gasteiger partial charge < -0.3 is 30.1 Å². The van der Waals surface area contributed by atoms with Gasteiger partial charge in [-0.25, -0.2) is 0 Å². The molecule has 143 valence electrons. The van der Waals surface area contributed by atoms with E-state index in [1.54, 1.807) is 12.1 Å². The van der Waals surface area contributed by atoms with Crippen molar-refractivity contribution in [1.82, 2.24) is 5.32 Å². The third-order valence-electron chi connectivity index (χ3n) is 3.46. The first kappa shape index (κ1) is 19.7. The van der Waals surface area contributed by atoms with Crippen LogP contribution in [0.25, 0.3) is 0 Å². The smallest absolute Gasteiger partial charge is 0.275 e. The van der Waals surface area contributed by atoms with E-state index < -0.39 is 42.0 Å². The Labute approximate surface area is 139 Å². The van der Waals surface area contributed by atoms with Crippen molar-refractivity contribution in [3.8, 4) is 5.75 Å². The minimum Gasteiger partial charge on any atom is -0.558 e. The number of rotatable bonds is 4. The first-order valence-electron chi connectivity index (χ1n) is 7.04. The monoisotopic (exact) mass is 604 g/mol. The molecule has 0 aliphatic carbocycles. The van der Waals surface area contributed by atoms with Crippen LogP contribution < -0.4 is 10.1 Å². The summed E-state index contributed by atoms with van der Waals surface area (Å²) in [5, 5.41) is 30.1. The summed E-state index contributed by atoms with van der Waals surface area (Å²) in [5.74, 6) is -0.0648. The zero-order chi connectivity index (χ0) is 17.2. The standard InChI is InChI=1S/C15H20NO6S.Lr/c1-8-3-5-10(6-4-8)21-15(23)14(16-9(2)18)13(20)12(19)11(7-17)22-15;/h3-6,11,13-14,17,19-20,23H,7H2,1-2H3,(H,16,18);/q-1;/t11-,13+,14-,15-;/m1./s1. The van der Waals surface area contributed by atoms with Crippen LogP contribution in [-0.2, 0) is 9.53 Å². The molecule has 1 aliphatic heterocycles. The van der Waals surface area contributed by atoms with Gasteiger partial charge >= 0.3 is 0 Å². The van der Waals surface area contributed by atoms with Crippen LogP contribution >= 0.6 is 12.6 Å². The SMILES string of the molecule is CC(=O)N[C@@H]1[C@@H](O)[C-](O)[C@@H](CO)O[C@]1(S)Oc1ccc(C)cc1.[Lr]. The van der Waals surface area contributed by atoms with E-state index in [0.717, 1.165) is 5.56 Å². The van der Waals surface area contributed by atoms with E-state index in [1.807, 2.05) is 19.1 Å².